The van der Waals surface area contributed by atoms with Gasteiger partial charge in [0.05, 0.1) is 16.7 Å². The van der Waals surface area contributed by atoms with Crippen LogP contribution in [0.3, 0.4) is 0 Å². The zero-order chi connectivity index (χ0) is 26.5. The number of aliphatic hydroxyl groups is 1. The van der Waals surface area contributed by atoms with Crippen LogP contribution in [0.15, 0.2) is 38.7 Å². The van der Waals surface area contributed by atoms with Crippen molar-refractivity contribution in [2.24, 2.45) is 0 Å². The molecule has 0 bridgehead atoms. The standard InChI is InChI=1S/C25H14O12/c1-7-2-8-3-9-5-12(28)25(36-21(9)19(31)13(8)24(34)35-7)23(33)16-18(30)14-11(27)4-10(6-26)17(29)15(14)20(32)22(16)37-25/h2-4,6,12,27-29,31H,5H2,1H3/t12-,25+/m0/s1. The Morgan fingerprint density at radius 3 is 2.41 bits per heavy atom. The number of hydrogen-bond donors (Lipinski definition) is 4. The average molecular weight is 506 g/mol. The normalized spacial score (nSPS) is 22.0. The van der Waals surface area contributed by atoms with E-state index in [1.165, 1.54) is 19.1 Å². The monoisotopic (exact) mass is 506 g/mol. The molecule has 186 valence electrons. The molecule has 37 heavy (non-hydrogen) atoms. The summed E-state index contributed by atoms with van der Waals surface area (Å²) in [6.45, 7) is 1.53. The van der Waals surface area contributed by atoms with E-state index >= 15 is 0 Å². The van der Waals surface area contributed by atoms with Gasteiger partial charge in [0.25, 0.3) is 5.78 Å². The molecule has 12 heteroatoms. The second-order valence-corrected chi connectivity index (χ2v) is 8.81. The Labute approximate surface area is 204 Å². The van der Waals surface area contributed by atoms with Gasteiger partial charge in [-0.2, -0.15) is 0 Å². The number of phenolic OH excluding ortho intramolecular Hbond substituents is 3. The van der Waals surface area contributed by atoms with Crippen molar-refractivity contribution in [1.29, 1.82) is 0 Å². The minimum absolute atomic E-state index is 0.148. The number of aromatic hydroxyl groups is 3. The number of ether oxygens (including phenoxy) is 2. The number of aliphatic hydroxyl groups excluding tert-OH is 1. The summed E-state index contributed by atoms with van der Waals surface area (Å²) in [5, 5.41) is 42.5. The molecular formula is C25H14O12. The van der Waals surface area contributed by atoms with Crippen LogP contribution in [-0.4, -0.2) is 56.0 Å². The molecule has 0 saturated carbocycles. The van der Waals surface area contributed by atoms with Gasteiger partial charge >= 0.3 is 11.4 Å². The van der Waals surface area contributed by atoms with Crippen LogP contribution in [-0.2, 0) is 16.0 Å². The Balaban J connectivity index is 1.51. The highest BCUT2D eigenvalue weighted by molar-refractivity contribution is 6.40. The summed E-state index contributed by atoms with van der Waals surface area (Å²) in [4.78, 5) is 63.5. The first-order chi connectivity index (χ1) is 17.5. The van der Waals surface area contributed by atoms with Crippen LogP contribution in [0.1, 0.15) is 42.4 Å². The SMILES string of the molecule is Cc1cc2cc3c(c(O)c2c(=O)o1)O[C@@]1(OC2=C(C(=O)c4c(O)cc(C=O)c(O)c4C2=O)C1=O)[C@@H](O)C3. The van der Waals surface area contributed by atoms with Gasteiger partial charge in [-0.3, -0.25) is 19.2 Å². The first kappa shape index (κ1) is 22.5. The summed E-state index contributed by atoms with van der Waals surface area (Å²) in [6.07, 6.45) is -2.01. The van der Waals surface area contributed by atoms with Crippen LogP contribution in [0.5, 0.6) is 23.0 Å². The largest absolute Gasteiger partial charge is 0.507 e. The number of allylic oxidation sites excluding steroid dienone is 1. The summed E-state index contributed by atoms with van der Waals surface area (Å²) >= 11 is 0. The van der Waals surface area contributed by atoms with Gasteiger partial charge in [0.15, 0.2) is 23.5 Å². The predicted octanol–water partition coefficient (Wildman–Crippen LogP) is 0.955. The minimum Gasteiger partial charge on any atom is -0.507 e. The van der Waals surface area contributed by atoms with E-state index in [0.29, 0.717) is 0 Å². The lowest BCUT2D eigenvalue weighted by Crippen LogP contribution is -2.57. The van der Waals surface area contributed by atoms with Crippen molar-refractivity contribution in [2.45, 2.75) is 25.2 Å². The number of aldehydes is 1. The van der Waals surface area contributed by atoms with Crippen molar-refractivity contribution >= 4 is 34.4 Å². The maximum Gasteiger partial charge on any atom is 0.347 e. The number of carbonyl (C=O) groups excluding carboxylic acids is 4. The van der Waals surface area contributed by atoms with E-state index in [4.69, 9.17) is 13.9 Å². The third-order valence-electron chi connectivity index (χ3n) is 6.63. The topological polar surface area (TPSA) is 198 Å². The highest BCUT2D eigenvalue weighted by Gasteiger charge is 2.64. The van der Waals surface area contributed by atoms with E-state index in [0.717, 1.165) is 6.07 Å². The van der Waals surface area contributed by atoms with E-state index in [1.54, 1.807) is 0 Å². The molecule has 0 unspecified atom stereocenters. The summed E-state index contributed by atoms with van der Waals surface area (Å²) in [5.74, 6) is -9.89. The number of carbonyl (C=O) groups is 4. The van der Waals surface area contributed by atoms with Crippen LogP contribution >= 0.6 is 0 Å². The van der Waals surface area contributed by atoms with Gasteiger partial charge in [0, 0.05) is 12.0 Å². The molecule has 1 spiro atoms. The molecule has 2 atom stereocenters. The Kier molecular flexibility index (Phi) is 4.28. The van der Waals surface area contributed by atoms with Gasteiger partial charge < -0.3 is 34.3 Å². The molecule has 0 fully saturated rings. The van der Waals surface area contributed by atoms with Crippen LogP contribution in [0, 0.1) is 6.92 Å². The van der Waals surface area contributed by atoms with E-state index in [9.17, 15) is 44.4 Å². The van der Waals surface area contributed by atoms with E-state index in [1.807, 2.05) is 0 Å². The Bertz CT molecular complexity index is 1760. The van der Waals surface area contributed by atoms with Crippen molar-refractivity contribution in [2.75, 3.05) is 0 Å². The average Bonchev–Trinajstić information content (AvgIpc) is 3.13. The van der Waals surface area contributed by atoms with Crippen molar-refractivity contribution < 1.29 is 53.5 Å². The van der Waals surface area contributed by atoms with E-state index in [-0.39, 0.29) is 34.8 Å². The molecule has 2 aromatic carbocycles. The predicted molar refractivity (Wildman–Crippen MR) is 119 cm³/mol. The summed E-state index contributed by atoms with van der Waals surface area (Å²) < 4.78 is 16.2. The number of fused-ring (bicyclic) bond motifs is 3. The van der Waals surface area contributed by atoms with E-state index in [2.05, 4.69) is 0 Å². The molecule has 4 N–H and O–H groups in total. The van der Waals surface area contributed by atoms with E-state index < -0.39 is 85.9 Å². The number of benzene rings is 2. The number of ketones is 3. The molecule has 0 saturated heterocycles. The Hall–Kier alpha value is -4.97. The molecule has 12 nitrogen and oxygen atoms in total. The molecule has 1 aromatic heterocycles. The molecule has 3 heterocycles. The summed E-state index contributed by atoms with van der Waals surface area (Å²) in [7, 11) is 0. The highest BCUT2D eigenvalue weighted by Crippen LogP contribution is 2.50. The summed E-state index contributed by atoms with van der Waals surface area (Å²) in [5.41, 5.74) is -3.54. The highest BCUT2D eigenvalue weighted by atomic mass is 16.7. The fraction of sp³-hybridized carbons (Fsp3) is 0.160. The van der Waals surface area contributed by atoms with Crippen LogP contribution < -0.4 is 10.4 Å². The van der Waals surface area contributed by atoms with Gasteiger partial charge in [-0.15, -0.1) is 0 Å². The lowest BCUT2D eigenvalue weighted by Gasteiger charge is -2.37. The number of phenols is 3. The van der Waals surface area contributed by atoms with Gasteiger partial charge in [-0.1, -0.05) is 0 Å². The minimum atomic E-state index is -2.71. The Morgan fingerprint density at radius 1 is 0.973 bits per heavy atom. The van der Waals surface area contributed by atoms with Crippen molar-refractivity contribution in [1.82, 2.24) is 0 Å². The zero-order valence-electron chi connectivity index (χ0n) is 18.6. The number of hydrogen-bond acceptors (Lipinski definition) is 12. The lowest BCUT2D eigenvalue weighted by atomic mass is 9.82. The first-order valence-electron chi connectivity index (χ1n) is 10.8. The molecule has 0 radical (unpaired) electrons. The maximum atomic E-state index is 13.5. The fourth-order valence-electron chi connectivity index (χ4n) is 4.97. The molecule has 0 amide bonds. The maximum absolute atomic E-state index is 13.5. The second kappa shape index (κ2) is 7.04. The third-order valence-corrected chi connectivity index (χ3v) is 6.63. The molecule has 3 aliphatic rings. The molecular weight excluding hydrogens is 492 g/mol. The van der Waals surface area contributed by atoms with Crippen molar-refractivity contribution in [3.63, 3.8) is 0 Å². The molecule has 3 aromatic rings. The van der Waals surface area contributed by atoms with Crippen molar-refractivity contribution in [3.8, 4) is 23.0 Å². The Morgan fingerprint density at radius 2 is 1.70 bits per heavy atom. The first-order valence-corrected chi connectivity index (χ1v) is 10.8. The third kappa shape index (κ3) is 2.67. The molecule has 6 rings (SSSR count). The van der Waals surface area contributed by atoms with Crippen molar-refractivity contribution in [3.05, 3.63) is 68.0 Å². The number of rotatable bonds is 1. The smallest absolute Gasteiger partial charge is 0.347 e. The second-order valence-electron chi connectivity index (χ2n) is 8.81. The van der Waals surface area contributed by atoms with Crippen LogP contribution in [0.2, 0.25) is 0 Å². The molecule has 2 aliphatic heterocycles. The number of aryl methyl sites for hydroxylation is 1. The lowest BCUT2D eigenvalue weighted by molar-refractivity contribution is -0.206. The van der Waals surface area contributed by atoms with Crippen LogP contribution in [0.4, 0.5) is 0 Å². The fourth-order valence-corrected chi connectivity index (χ4v) is 4.97. The zero-order valence-corrected chi connectivity index (χ0v) is 18.6. The quantitative estimate of drug-likeness (QED) is 0.207. The van der Waals surface area contributed by atoms with Crippen LogP contribution in [0.25, 0.3) is 10.8 Å². The van der Waals surface area contributed by atoms with Gasteiger partial charge in [-0.05, 0) is 30.5 Å². The summed E-state index contributed by atoms with van der Waals surface area (Å²) in [6, 6.07) is 3.68. The van der Waals surface area contributed by atoms with Gasteiger partial charge in [0.2, 0.25) is 11.6 Å². The molecule has 1 aliphatic carbocycles. The van der Waals surface area contributed by atoms with Gasteiger partial charge in [0.1, 0.15) is 34.3 Å². The number of Topliss-reactive ketones (excluding diaryl/α,β-unsaturated/α-hetero) is 3. The van der Waals surface area contributed by atoms with Gasteiger partial charge in [-0.25, -0.2) is 4.79 Å².